The second-order valence-electron chi connectivity index (χ2n) is 0.784. The molecule has 0 aromatic carbocycles. The van der Waals surface area contributed by atoms with Crippen LogP contribution in [0.25, 0.3) is 0 Å². The van der Waals surface area contributed by atoms with Gasteiger partial charge in [0, 0.05) is 0 Å². The molecule has 0 heterocycles. The Morgan fingerprint density at radius 3 is 2.33 bits per heavy atom. The number of hydrogen-bond donors (Lipinski definition) is 0. The second-order valence-corrected chi connectivity index (χ2v) is 1.93. The lowest BCUT2D eigenvalue weighted by atomic mass is 11.3. The Kier molecular flexibility index (Phi) is 2.36. The Balaban J connectivity index is 4.14. The fourth-order valence-electron chi connectivity index (χ4n) is 0.122. The summed E-state index contributed by atoms with van der Waals surface area (Å²) in [5.74, 6) is 0. The van der Waals surface area contributed by atoms with Gasteiger partial charge in [0.25, 0.3) is 0 Å². The van der Waals surface area contributed by atoms with Crippen molar-refractivity contribution in [3.63, 3.8) is 0 Å². The Hall–Kier alpha value is -1.40. The van der Waals surface area contributed by atoms with Crippen LogP contribution in [0.15, 0.2) is 0 Å². The fraction of sp³-hybridized carbons (Fsp3) is 0. The van der Waals surface area contributed by atoms with Crippen molar-refractivity contribution in [2.75, 3.05) is 0 Å². The van der Waals surface area contributed by atoms with Gasteiger partial charge in [0.15, 0.2) is 0 Å². The van der Waals surface area contributed by atoms with Crippen LogP contribution in [0.4, 0.5) is 0 Å². The van der Waals surface area contributed by atoms with Crippen molar-refractivity contribution in [1.82, 2.24) is 0 Å². The van der Waals surface area contributed by atoms with Crippen LogP contribution in [0.2, 0.25) is 0 Å². The largest absolute Gasteiger partial charge is 0.519 e. The predicted molar refractivity (Wildman–Crippen MR) is 25.5 cm³/mol. The third-order valence-corrected chi connectivity index (χ3v) is 0.869. The molecule has 5 nitrogen and oxygen atoms in total. The van der Waals surface area contributed by atoms with Crippen LogP contribution >= 0.6 is 0 Å². The minimum absolute atomic E-state index is 0.884. The molecule has 48 valence electrons. The summed E-state index contributed by atoms with van der Waals surface area (Å²) in [7, 11) is -4.28. The van der Waals surface area contributed by atoms with E-state index in [0.717, 1.165) is 6.26 Å². The van der Waals surface area contributed by atoms with E-state index in [0.29, 0.717) is 0 Å². The third-order valence-electron chi connectivity index (χ3n) is 0.290. The van der Waals surface area contributed by atoms with Crippen LogP contribution in [-0.2, 0) is 18.8 Å². The Morgan fingerprint density at radius 1 is 1.44 bits per heavy atom. The Morgan fingerprint density at radius 2 is 2.00 bits per heavy atom. The molecule has 0 bridgehead atoms. The summed E-state index contributed by atoms with van der Waals surface area (Å²) in [6, 6.07) is 0. The van der Waals surface area contributed by atoms with Crippen LogP contribution in [0.5, 0.6) is 0 Å². The highest BCUT2D eigenvalue weighted by Crippen LogP contribution is 1.90. The number of nitriles is 1. The van der Waals surface area contributed by atoms with Gasteiger partial charge in [0.2, 0.25) is 0 Å². The van der Waals surface area contributed by atoms with E-state index in [1.54, 1.807) is 0 Å². The van der Waals surface area contributed by atoms with Crippen LogP contribution in [0, 0.1) is 24.0 Å². The summed E-state index contributed by atoms with van der Waals surface area (Å²) >= 11 is 0. The molecule has 0 saturated heterocycles. The fourth-order valence-corrected chi connectivity index (χ4v) is 0.365. The average molecular weight is 147 g/mol. The van der Waals surface area contributed by atoms with Crippen LogP contribution in [0.1, 0.15) is 0 Å². The van der Waals surface area contributed by atoms with E-state index < -0.39 is 10.4 Å². The first-order valence-corrected chi connectivity index (χ1v) is 2.92. The molecule has 0 amide bonds. The molecule has 0 rings (SSSR count). The van der Waals surface area contributed by atoms with Gasteiger partial charge in [0.05, 0.1) is 0 Å². The molecule has 0 N–H and O–H groups in total. The number of hydrogen-bond acceptors (Lipinski definition) is 5. The Bertz CT molecular complexity index is 231. The van der Waals surface area contributed by atoms with Gasteiger partial charge in [-0.2, -0.15) is 0 Å². The summed E-state index contributed by atoms with van der Waals surface area (Å²) in [5, 5.41) is 7.63. The lowest BCUT2D eigenvalue weighted by Crippen LogP contribution is -2.02. The van der Waals surface area contributed by atoms with Crippen molar-refractivity contribution in [2.45, 2.75) is 0 Å². The molecule has 6 heteroatoms. The highest BCUT2D eigenvalue weighted by atomic mass is 32.3. The highest BCUT2D eigenvalue weighted by molar-refractivity contribution is 7.82. The summed E-state index contributed by atoms with van der Waals surface area (Å²) in [5.41, 5.74) is 0. The zero-order valence-electron chi connectivity index (χ0n) is 4.07. The summed E-state index contributed by atoms with van der Waals surface area (Å²) in [6.07, 6.45) is 6.62. The van der Waals surface area contributed by atoms with Gasteiger partial charge in [-0.05, 0) is 0 Å². The van der Waals surface area contributed by atoms with E-state index in [1.807, 2.05) is 0 Å². The van der Waals surface area contributed by atoms with Crippen LogP contribution in [-0.4, -0.2) is 8.42 Å². The van der Waals surface area contributed by atoms with Gasteiger partial charge in [0.1, 0.15) is 6.11 Å². The van der Waals surface area contributed by atoms with Gasteiger partial charge in [-0.3, -0.25) is 8.37 Å². The maximum absolute atomic E-state index is 10.0. The molecule has 0 atom stereocenters. The number of rotatable bonds is 2. The zero-order chi connectivity index (χ0) is 7.33. The van der Waals surface area contributed by atoms with E-state index in [2.05, 4.69) is 14.8 Å². The summed E-state index contributed by atoms with van der Waals surface area (Å²) in [6.45, 7) is 0. The maximum atomic E-state index is 10.0. The molecule has 0 aliphatic rings. The first-order chi connectivity index (χ1) is 4.12. The molecule has 0 spiro atoms. The standard InChI is InChI=1S/C3HNO4S/c1-2-7-9(5,6)8-3-4/h1H. The van der Waals surface area contributed by atoms with Gasteiger partial charge in [-0.25, -0.2) is 0 Å². The smallest absolute Gasteiger partial charge is 0.298 e. The second kappa shape index (κ2) is 2.80. The predicted octanol–water partition coefficient (Wildman–Crippen LogP) is -0.664. The van der Waals surface area contributed by atoms with Gasteiger partial charge >= 0.3 is 16.7 Å². The van der Waals surface area contributed by atoms with Crippen molar-refractivity contribution < 1.29 is 16.8 Å². The van der Waals surface area contributed by atoms with Gasteiger partial charge in [-0.15, -0.1) is 13.7 Å². The zero-order valence-corrected chi connectivity index (χ0v) is 4.88. The van der Waals surface area contributed by atoms with Crippen molar-refractivity contribution in [3.05, 3.63) is 0 Å². The monoisotopic (exact) mass is 147 g/mol. The maximum Gasteiger partial charge on any atom is 0.519 e. The molecule has 0 aliphatic heterocycles. The topological polar surface area (TPSA) is 76.4 Å². The third kappa shape index (κ3) is 3.21. The molecule has 0 aromatic heterocycles. The number of terminal acetylenes is 1. The van der Waals surface area contributed by atoms with Gasteiger partial charge in [-0.1, -0.05) is 6.42 Å². The number of nitrogens with zero attached hydrogens (tertiary/aromatic N) is 1. The molecule has 0 aliphatic carbocycles. The lowest BCUT2D eigenvalue weighted by Gasteiger charge is -1.89. The first kappa shape index (κ1) is 7.60. The molecule has 9 heavy (non-hydrogen) atoms. The Labute approximate surface area is 52.1 Å². The lowest BCUT2D eigenvalue weighted by molar-refractivity contribution is 0.358. The molecule has 0 unspecified atom stereocenters. The van der Waals surface area contributed by atoms with Crippen LogP contribution in [0.3, 0.4) is 0 Å². The minimum Gasteiger partial charge on any atom is -0.298 e. The van der Waals surface area contributed by atoms with Crippen molar-refractivity contribution in [3.8, 4) is 18.8 Å². The molecular formula is C3HNO4S. The van der Waals surface area contributed by atoms with E-state index in [9.17, 15) is 8.42 Å². The van der Waals surface area contributed by atoms with Gasteiger partial charge < -0.3 is 0 Å². The first-order valence-electron chi connectivity index (χ1n) is 1.59. The van der Waals surface area contributed by atoms with E-state index in [4.69, 9.17) is 5.26 Å². The SMILES string of the molecule is C#COS(=O)(=O)OC#N. The van der Waals surface area contributed by atoms with E-state index in [-0.39, 0.29) is 0 Å². The van der Waals surface area contributed by atoms with Crippen molar-refractivity contribution in [1.29, 1.82) is 5.26 Å². The normalized spacial score (nSPS) is 8.67. The molecular weight excluding hydrogens is 146 g/mol. The van der Waals surface area contributed by atoms with E-state index >= 15 is 0 Å². The molecule has 0 saturated carbocycles. The summed E-state index contributed by atoms with van der Waals surface area (Å²) < 4.78 is 27.0. The van der Waals surface area contributed by atoms with Crippen molar-refractivity contribution in [2.24, 2.45) is 0 Å². The molecule has 0 aromatic rings. The summed E-state index contributed by atoms with van der Waals surface area (Å²) in [4.78, 5) is 0. The van der Waals surface area contributed by atoms with Crippen molar-refractivity contribution >= 4 is 10.4 Å². The van der Waals surface area contributed by atoms with E-state index in [1.165, 1.54) is 6.11 Å². The minimum atomic E-state index is -4.28. The van der Waals surface area contributed by atoms with Crippen LogP contribution < -0.4 is 0 Å². The quantitative estimate of drug-likeness (QED) is 0.382. The highest BCUT2D eigenvalue weighted by Gasteiger charge is 2.09. The molecule has 0 fully saturated rings. The molecule has 0 radical (unpaired) electrons. The average Bonchev–Trinajstić information content (AvgIpc) is 1.64.